The van der Waals surface area contributed by atoms with Crippen molar-refractivity contribution < 1.29 is 10.0 Å². The van der Waals surface area contributed by atoms with Gasteiger partial charge in [0.15, 0.2) is 0 Å². The molecule has 0 radical (unpaired) electrons. The van der Waals surface area contributed by atoms with Gasteiger partial charge in [0.1, 0.15) is 0 Å². The standard InChI is InChI=1S/C9H18N2O2.ClH/c1-7-3-4-10-9(5-7)6-11(13)8(2)12;/h7,9-10,13H,3-6H2,1-2H3;1H/t7-,9-;/m1./s1. The van der Waals surface area contributed by atoms with Crippen LogP contribution < -0.4 is 5.32 Å². The lowest BCUT2D eigenvalue weighted by Crippen LogP contribution is -2.45. The van der Waals surface area contributed by atoms with Crippen molar-refractivity contribution in [2.45, 2.75) is 32.7 Å². The number of hydrogen-bond acceptors (Lipinski definition) is 3. The van der Waals surface area contributed by atoms with Gasteiger partial charge in [-0.1, -0.05) is 6.92 Å². The second-order valence-corrected chi connectivity index (χ2v) is 3.88. The first kappa shape index (κ1) is 13.7. The number of amides is 1. The lowest BCUT2D eigenvalue weighted by Gasteiger charge is -2.30. The Morgan fingerprint density at radius 1 is 1.64 bits per heavy atom. The van der Waals surface area contributed by atoms with Gasteiger partial charge in [-0.3, -0.25) is 10.0 Å². The zero-order valence-electron chi connectivity index (χ0n) is 8.69. The quantitative estimate of drug-likeness (QED) is 0.542. The Balaban J connectivity index is 0.00000169. The van der Waals surface area contributed by atoms with Gasteiger partial charge in [0, 0.05) is 13.0 Å². The van der Waals surface area contributed by atoms with E-state index in [1.807, 2.05) is 0 Å². The first-order valence-electron chi connectivity index (χ1n) is 4.80. The molecule has 0 aromatic rings. The molecule has 1 aliphatic heterocycles. The molecular formula is C9H19ClN2O2. The summed E-state index contributed by atoms with van der Waals surface area (Å²) in [4.78, 5) is 10.7. The minimum absolute atomic E-state index is 0. The third-order valence-corrected chi connectivity index (χ3v) is 2.51. The summed E-state index contributed by atoms with van der Waals surface area (Å²) in [6.45, 7) is 4.95. The van der Waals surface area contributed by atoms with E-state index in [0.717, 1.165) is 18.0 Å². The van der Waals surface area contributed by atoms with E-state index in [4.69, 9.17) is 0 Å². The number of carbonyl (C=O) groups excluding carboxylic acids is 1. The predicted octanol–water partition coefficient (Wildman–Crippen LogP) is 1.03. The van der Waals surface area contributed by atoms with Crippen molar-refractivity contribution in [1.82, 2.24) is 10.4 Å². The predicted molar refractivity (Wildman–Crippen MR) is 56.6 cm³/mol. The smallest absolute Gasteiger partial charge is 0.242 e. The lowest BCUT2D eigenvalue weighted by atomic mass is 9.94. The van der Waals surface area contributed by atoms with Crippen molar-refractivity contribution in [1.29, 1.82) is 0 Å². The summed E-state index contributed by atoms with van der Waals surface area (Å²) >= 11 is 0. The summed E-state index contributed by atoms with van der Waals surface area (Å²) in [5.74, 6) is 0.395. The summed E-state index contributed by atoms with van der Waals surface area (Å²) in [6, 6.07) is 0.248. The van der Waals surface area contributed by atoms with Gasteiger partial charge in [0.2, 0.25) is 5.91 Å². The van der Waals surface area contributed by atoms with E-state index in [1.165, 1.54) is 13.3 Å². The van der Waals surface area contributed by atoms with Crippen LogP contribution >= 0.6 is 12.4 Å². The Morgan fingerprint density at radius 3 is 2.79 bits per heavy atom. The van der Waals surface area contributed by atoms with E-state index >= 15 is 0 Å². The second-order valence-electron chi connectivity index (χ2n) is 3.88. The van der Waals surface area contributed by atoms with Crippen LogP contribution in [0.5, 0.6) is 0 Å². The maximum Gasteiger partial charge on any atom is 0.242 e. The van der Waals surface area contributed by atoms with Gasteiger partial charge < -0.3 is 5.32 Å². The number of carbonyl (C=O) groups is 1. The van der Waals surface area contributed by atoms with Crippen molar-refractivity contribution >= 4 is 18.3 Å². The minimum atomic E-state index is -0.292. The maximum absolute atomic E-state index is 10.7. The summed E-state index contributed by atoms with van der Waals surface area (Å²) < 4.78 is 0. The Morgan fingerprint density at radius 2 is 2.29 bits per heavy atom. The average Bonchev–Trinajstić information content (AvgIpc) is 2.04. The molecule has 1 saturated heterocycles. The third kappa shape index (κ3) is 4.26. The van der Waals surface area contributed by atoms with Crippen molar-refractivity contribution in [2.24, 2.45) is 5.92 Å². The number of rotatable bonds is 2. The fourth-order valence-electron chi connectivity index (χ4n) is 1.70. The monoisotopic (exact) mass is 222 g/mol. The van der Waals surface area contributed by atoms with Crippen molar-refractivity contribution in [3.05, 3.63) is 0 Å². The number of halogens is 1. The summed E-state index contributed by atoms with van der Waals surface area (Å²) in [7, 11) is 0. The molecule has 1 amide bonds. The number of hydroxylamine groups is 2. The largest absolute Gasteiger partial charge is 0.312 e. The number of nitrogens with zero attached hydrogens (tertiary/aromatic N) is 1. The molecule has 5 heteroatoms. The van der Waals surface area contributed by atoms with Gasteiger partial charge in [-0.2, -0.15) is 0 Å². The Labute approximate surface area is 91.0 Å². The first-order chi connectivity index (χ1) is 6.09. The van der Waals surface area contributed by atoms with Crippen LogP contribution in [0, 0.1) is 5.92 Å². The zero-order valence-corrected chi connectivity index (χ0v) is 9.51. The van der Waals surface area contributed by atoms with Gasteiger partial charge in [-0.25, -0.2) is 5.06 Å². The molecule has 0 aliphatic carbocycles. The molecule has 14 heavy (non-hydrogen) atoms. The molecule has 1 heterocycles. The minimum Gasteiger partial charge on any atom is -0.312 e. The topological polar surface area (TPSA) is 52.6 Å². The molecule has 0 spiro atoms. The summed E-state index contributed by atoms with van der Waals surface area (Å²) in [5.41, 5.74) is 0. The van der Waals surface area contributed by atoms with Crippen molar-refractivity contribution in [3.63, 3.8) is 0 Å². The number of piperidine rings is 1. The van der Waals surface area contributed by atoms with E-state index in [2.05, 4.69) is 12.2 Å². The average molecular weight is 223 g/mol. The highest BCUT2D eigenvalue weighted by atomic mass is 35.5. The normalized spacial score (nSPS) is 26.5. The molecule has 4 nitrogen and oxygen atoms in total. The van der Waals surface area contributed by atoms with E-state index in [1.54, 1.807) is 0 Å². The second kappa shape index (κ2) is 6.22. The van der Waals surface area contributed by atoms with E-state index in [0.29, 0.717) is 12.5 Å². The van der Waals surface area contributed by atoms with Crippen LogP contribution in [0.3, 0.4) is 0 Å². The van der Waals surface area contributed by atoms with Crippen LogP contribution in [0.25, 0.3) is 0 Å². The van der Waals surface area contributed by atoms with Gasteiger partial charge >= 0.3 is 0 Å². The fraction of sp³-hybridized carbons (Fsp3) is 0.889. The Hall–Kier alpha value is -0.320. The van der Waals surface area contributed by atoms with Crippen LogP contribution in [0.15, 0.2) is 0 Å². The molecule has 84 valence electrons. The highest BCUT2D eigenvalue weighted by Gasteiger charge is 2.20. The molecule has 1 fully saturated rings. The maximum atomic E-state index is 10.7. The molecular weight excluding hydrogens is 204 g/mol. The van der Waals surface area contributed by atoms with Crippen LogP contribution in [0.4, 0.5) is 0 Å². The van der Waals surface area contributed by atoms with Crippen LogP contribution in [-0.2, 0) is 4.79 Å². The van der Waals surface area contributed by atoms with Gasteiger partial charge in [-0.15, -0.1) is 12.4 Å². The molecule has 0 aromatic heterocycles. The highest BCUT2D eigenvalue weighted by molar-refractivity contribution is 5.85. The molecule has 0 unspecified atom stereocenters. The highest BCUT2D eigenvalue weighted by Crippen LogP contribution is 2.15. The van der Waals surface area contributed by atoms with Gasteiger partial charge in [0.25, 0.3) is 0 Å². The molecule has 1 rings (SSSR count). The number of hydrogen-bond donors (Lipinski definition) is 2. The Kier molecular flexibility index (Phi) is 6.08. The van der Waals surface area contributed by atoms with Crippen molar-refractivity contribution in [3.8, 4) is 0 Å². The fourth-order valence-corrected chi connectivity index (χ4v) is 1.70. The van der Waals surface area contributed by atoms with Crippen molar-refractivity contribution in [2.75, 3.05) is 13.1 Å². The molecule has 0 saturated carbocycles. The van der Waals surface area contributed by atoms with E-state index in [-0.39, 0.29) is 24.4 Å². The number of nitrogens with one attached hydrogen (secondary N) is 1. The Bertz CT molecular complexity index is 190. The first-order valence-corrected chi connectivity index (χ1v) is 4.80. The third-order valence-electron chi connectivity index (χ3n) is 2.51. The molecule has 2 atom stereocenters. The van der Waals surface area contributed by atoms with Crippen LogP contribution in [-0.4, -0.2) is 35.3 Å². The van der Waals surface area contributed by atoms with E-state index in [9.17, 15) is 10.0 Å². The zero-order chi connectivity index (χ0) is 9.84. The SMILES string of the molecule is CC(=O)N(O)C[C@H]1C[C@H](C)CCN1.Cl. The molecule has 0 aromatic carbocycles. The molecule has 2 N–H and O–H groups in total. The van der Waals surface area contributed by atoms with Gasteiger partial charge in [0.05, 0.1) is 6.54 Å². The van der Waals surface area contributed by atoms with Crippen LogP contribution in [0.2, 0.25) is 0 Å². The lowest BCUT2D eigenvalue weighted by molar-refractivity contribution is -0.164. The molecule has 0 bridgehead atoms. The van der Waals surface area contributed by atoms with Gasteiger partial charge in [-0.05, 0) is 25.3 Å². The summed E-state index contributed by atoms with van der Waals surface area (Å²) in [5, 5.41) is 13.3. The summed E-state index contributed by atoms with van der Waals surface area (Å²) in [6.07, 6.45) is 2.21. The molecule has 1 aliphatic rings. The van der Waals surface area contributed by atoms with E-state index < -0.39 is 0 Å². The van der Waals surface area contributed by atoms with Crippen LogP contribution in [0.1, 0.15) is 26.7 Å².